The van der Waals surface area contributed by atoms with Gasteiger partial charge in [0, 0.05) is 30.8 Å². The van der Waals surface area contributed by atoms with Gasteiger partial charge in [0.2, 0.25) is 0 Å². The van der Waals surface area contributed by atoms with Gasteiger partial charge in [0.05, 0.1) is 17.9 Å². The summed E-state index contributed by atoms with van der Waals surface area (Å²) in [5, 5.41) is 7.43. The molecular weight excluding hydrogens is 278 g/mol. The van der Waals surface area contributed by atoms with E-state index in [1.165, 1.54) is 32.1 Å². The van der Waals surface area contributed by atoms with Crippen molar-refractivity contribution in [3.63, 3.8) is 0 Å². The molecule has 3 rings (SSSR count). The third-order valence-electron chi connectivity index (χ3n) is 5.72. The van der Waals surface area contributed by atoms with E-state index in [-0.39, 0.29) is 17.4 Å². The summed E-state index contributed by atoms with van der Waals surface area (Å²) in [7, 11) is 1.86. The van der Waals surface area contributed by atoms with Crippen molar-refractivity contribution in [3.8, 4) is 0 Å². The fourth-order valence-corrected chi connectivity index (χ4v) is 4.22. The topological polar surface area (TPSA) is 56.1 Å². The average molecular weight is 305 g/mol. The van der Waals surface area contributed by atoms with E-state index in [1.54, 1.807) is 10.9 Å². The van der Waals surface area contributed by atoms with Crippen molar-refractivity contribution in [2.45, 2.75) is 64.5 Å². The van der Waals surface area contributed by atoms with Gasteiger partial charge in [-0.2, -0.15) is 5.10 Å². The van der Waals surface area contributed by atoms with Crippen LogP contribution in [0, 0.1) is 12.3 Å². The largest absolute Gasteiger partial charge is 0.378 e. The zero-order chi connectivity index (χ0) is 15.7. The first-order valence-electron chi connectivity index (χ1n) is 8.49. The first kappa shape index (κ1) is 15.5. The second kappa shape index (κ2) is 6.03. The molecule has 1 heterocycles. The van der Waals surface area contributed by atoms with E-state index in [9.17, 15) is 4.79 Å². The third-order valence-corrected chi connectivity index (χ3v) is 5.72. The summed E-state index contributed by atoms with van der Waals surface area (Å²) in [6, 6.07) is 0.247. The highest BCUT2D eigenvalue weighted by Crippen LogP contribution is 2.53. The van der Waals surface area contributed by atoms with Crippen LogP contribution >= 0.6 is 0 Å². The standard InChI is InChI=1S/C17H27N3O2/c1-4-22-15-10-14(17(15)8-6-5-7-9-17)19-16(21)13-11-18-20(3)12(13)2/h11,14-15H,4-10H2,1-3H3,(H,19,21)/t14-,15-/m0/s1. The molecule has 122 valence electrons. The Hall–Kier alpha value is -1.36. The van der Waals surface area contributed by atoms with Gasteiger partial charge >= 0.3 is 0 Å². The molecule has 0 radical (unpaired) electrons. The highest BCUT2D eigenvalue weighted by atomic mass is 16.5. The predicted molar refractivity (Wildman–Crippen MR) is 84.7 cm³/mol. The molecule has 5 heteroatoms. The molecule has 0 bridgehead atoms. The Kier molecular flexibility index (Phi) is 4.26. The summed E-state index contributed by atoms with van der Waals surface area (Å²) < 4.78 is 7.69. The van der Waals surface area contributed by atoms with Crippen LogP contribution in [0.15, 0.2) is 6.20 Å². The number of aryl methyl sites for hydroxylation is 1. The van der Waals surface area contributed by atoms with Gasteiger partial charge in [-0.3, -0.25) is 9.48 Å². The second-order valence-electron chi connectivity index (χ2n) is 6.77. The molecule has 2 atom stereocenters. The van der Waals surface area contributed by atoms with Gasteiger partial charge in [0.25, 0.3) is 5.91 Å². The van der Waals surface area contributed by atoms with Crippen LogP contribution in [0.1, 0.15) is 61.5 Å². The summed E-state index contributed by atoms with van der Waals surface area (Å²) in [6.45, 7) is 4.75. The Labute approximate surface area is 132 Å². The molecule has 2 aliphatic carbocycles. The Morgan fingerprint density at radius 2 is 2.18 bits per heavy atom. The number of nitrogens with one attached hydrogen (secondary N) is 1. The van der Waals surface area contributed by atoms with E-state index in [0.29, 0.717) is 11.7 Å². The van der Waals surface area contributed by atoms with Gasteiger partial charge in [-0.25, -0.2) is 0 Å². The van der Waals surface area contributed by atoms with Crippen LogP contribution in [0.5, 0.6) is 0 Å². The van der Waals surface area contributed by atoms with Crippen molar-refractivity contribution < 1.29 is 9.53 Å². The molecule has 5 nitrogen and oxygen atoms in total. The third kappa shape index (κ3) is 2.45. The van der Waals surface area contributed by atoms with E-state index < -0.39 is 0 Å². The zero-order valence-corrected chi connectivity index (χ0v) is 13.9. The van der Waals surface area contributed by atoms with Gasteiger partial charge in [0.15, 0.2) is 0 Å². The van der Waals surface area contributed by atoms with E-state index in [0.717, 1.165) is 18.7 Å². The molecule has 0 aromatic carbocycles. The number of carbonyl (C=O) groups excluding carboxylic acids is 1. The molecule has 1 aromatic rings. The molecule has 1 aromatic heterocycles. The monoisotopic (exact) mass is 305 g/mol. The lowest BCUT2D eigenvalue weighted by molar-refractivity contribution is -0.146. The smallest absolute Gasteiger partial charge is 0.254 e. The van der Waals surface area contributed by atoms with Gasteiger partial charge in [0.1, 0.15) is 0 Å². The summed E-state index contributed by atoms with van der Waals surface area (Å²) in [4.78, 5) is 12.6. The Bertz CT molecular complexity index is 546. The van der Waals surface area contributed by atoms with Crippen LogP contribution in [-0.4, -0.2) is 34.4 Å². The van der Waals surface area contributed by atoms with Crippen LogP contribution in [0.4, 0.5) is 0 Å². The number of carbonyl (C=O) groups is 1. The molecule has 22 heavy (non-hydrogen) atoms. The summed E-state index contributed by atoms with van der Waals surface area (Å²) in [6.07, 6.45) is 9.09. The lowest BCUT2D eigenvalue weighted by Gasteiger charge is -2.57. The van der Waals surface area contributed by atoms with Crippen molar-refractivity contribution in [1.29, 1.82) is 0 Å². The van der Waals surface area contributed by atoms with Gasteiger partial charge in [-0.1, -0.05) is 19.3 Å². The van der Waals surface area contributed by atoms with Gasteiger partial charge < -0.3 is 10.1 Å². The summed E-state index contributed by atoms with van der Waals surface area (Å²) in [5.74, 6) is 0.00972. The van der Waals surface area contributed by atoms with Crippen LogP contribution < -0.4 is 5.32 Å². The molecule has 0 unspecified atom stereocenters. The maximum Gasteiger partial charge on any atom is 0.254 e. The highest BCUT2D eigenvalue weighted by Gasteiger charge is 2.56. The lowest BCUT2D eigenvalue weighted by atomic mass is 9.55. The number of rotatable bonds is 4. The average Bonchev–Trinajstić information content (AvgIpc) is 2.87. The van der Waals surface area contributed by atoms with Crippen molar-refractivity contribution in [3.05, 3.63) is 17.5 Å². The molecule has 0 saturated heterocycles. The first-order valence-corrected chi connectivity index (χ1v) is 8.49. The quantitative estimate of drug-likeness (QED) is 0.930. The summed E-state index contributed by atoms with van der Waals surface area (Å²) in [5.41, 5.74) is 1.77. The molecule has 1 spiro atoms. The minimum atomic E-state index is 0.00972. The van der Waals surface area contributed by atoms with Crippen molar-refractivity contribution in [1.82, 2.24) is 15.1 Å². The Balaban J connectivity index is 1.72. The van der Waals surface area contributed by atoms with Gasteiger partial charge in [-0.05, 0) is 33.1 Å². The number of aromatic nitrogens is 2. The number of amides is 1. The number of hydrogen-bond donors (Lipinski definition) is 1. The van der Waals surface area contributed by atoms with Crippen LogP contribution in [0.3, 0.4) is 0 Å². The molecule has 1 N–H and O–H groups in total. The van der Waals surface area contributed by atoms with E-state index in [1.807, 2.05) is 14.0 Å². The fourth-order valence-electron chi connectivity index (χ4n) is 4.22. The highest BCUT2D eigenvalue weighted by molar-refractivity contribution is 5.95. The Morgan fingerprint density at radius 1 is 1.45 bits per heavy atom. The molecule has 1 amide bonds. The van der Waals surface area contributed by atoms with Crippen molar-refractivity contribution in [2.24, 2.45) is 12.5 Å². The van der Waals surface area contributed by atoms with Crippen LogP contribution in [-0.2, 0) is 11.8 Å². The number of nitrogens with zero attached hydrogens (tertiary/aromatic N) is 2. The van der Waals surface area contributed by atoms with E-state index in [2.05, 4.69) is 17.3 Å². The van der Waals surface area contributed by atoms with Crippen LogP contribution in [0.25, 0.3) is 0 Å². The molecule has 0 aliphatic heterocycles. The minimum absolute atomic E-state index is 0.00972. The second-order valence-corrected chi connectivity index (χ2v) is 6.77. The molecule has 2 saturated carbocycles. The SMILES string of the molecule is CCO[C@H]1C[C@H](NC(=O)c2cnn(C)c2C)C12CCCCC2. The zero-order valence-electron chi connectivity index (χ0n) is 13.9. The van der Waals surface area contributed by atoms with Gasteiger partial charge in [-0.15, -0.1) is 0 Å². The summed E-state index contributed by atoms with van der Waals surface area (Å²) >= 11 is 0. The fraction of sp³-hybridized carbons (Fsp3) is 0.765. The number of ether oxygens (including phenoxy) is 1. The minimum Gasteiger partial charge on any atom is -0.378 e. The predicted octanol–water partition coefficient (Wildman–Crippen LogP) is 2.59. The number of hydrogen-bond acceptors (Lipinski definition) is 3. The van der Waals surface area contributed by atoms with E-state index >= 15 is 0 Å². The van der Waals surface area contributed by atoms with E-state index in [4.69, 9.17) is 4.74 Å². The van der Waals surface area contributed by atoms with Crippen LogP contribution in [0.2, 0.25) is 0 Å². The lowest BCUT2D eigenvalue weighted by Crippen LogP contribution is -2.65. The van der Waals surface area contributed by atoms with Crippen molar-refractivity contribution in [2.75, 3.05) is 6.61 Å². The molecular formula is C17H27N3O2. The first-order chi connectivity index (χ1) is 10.6. The normalized spacial score (nSPS) is 26.7. The van der Waals surface area contributed by atoms with Crippen molar-refractivity contribution >= 4 is 5.91 Å². The Morgan fingerprint density at radius 3 is 2.77 bits per heavy atom. The maximum atomic E-state index is 12.6. The maximum absolute atomic E-state index is 12.6. The molecule has 2 fully saturated rings. The molecule has 2 aliphatic rings.